The van der Waals surface area contributed by atoms with E-state index in [-0.39, 0.29) is 11.9 Å². The van der Waals surface area contributed by atoms with Crippen LogP contribution in [-0.4, -0.2) is 44.4 Å². The highest BCUT2D eigenvalue weighted by atomic mass is 32.1. The minimum absolute atomic E-state index is 0.228. The maximum atomic E-state index is 13.1. The van der Waals surface area contributed by atoms with Gasteiger partial charge < -0.3 is 19.3 Å². The molecule has 1 aromatic heterocycles. The van der Waals surface area contributed by atoms with E-state index in [1.807, 2.05) is 18.2 Å². The highest BCUT2D eigenvalue weighted by Crippen LogP contribution is 2.71. The zero-order valence-corrected chi connectivity index (χ0v) is 19.8. The van der Waals surface area contributed by atoms with E-state index in [4.69, 9.17) is 19.3 Å². The van der Waals surface area contributed by atoms with Crippen LogP contribution in [-0.2, 0) is 17.6 Å². The molecule has 1 saturated carbocycles. The average Bonchev–Trinajstić information content (AvgIpc) is 3.58. The molecule has 0 amide bonds. The summed E-state index contributed by atoms with van der Waals surface area (Å²) in [6.07, 6.45) is 2.50. The summed E-state index contributed by atoms with van der Waals surface area (Å²) in [7, 11) is 2.66. The molecule has 1 aromatic carbocycles. The van der Waals surface area contributed by atoms with Crippen LogP contribution in [0.3, 0.4) is 0 Å². The van der Waals surface area contributed by atoms with Crippen LogP contribution < -0.4 is 9.47 Å². The molecule has 5 rings (SSSR count). The number of hydrogen-bond donors (Lipinski definition) is 1. The largest absolute Gasteiger partial charge is 0.496 e. The normalized spacial score (nSPS) is 23.9. The number of aryl methyl sites for hydroxylation is 2. The van der Waals surface area contributed by atoms with Crippen molar-refractivity contribution < 1.29 is 24.1 Å². The van der Waals surface area contributed by atoms with Crippen LogP contribution in [0.25, 0.3) is 0 Å². The molecule has 1 aliphatic heterocycles. The number of aliphatic hydroxyl groups excluding tert-OH is 1. The number of ketones is 1. The van der Waals surface area contributed by atoms with Crippen molar-refractivity contribution in [1.82, 2.24) is 0 Å². The quantitative estimate of drug-likeness (QED) is 0.477. The predicted octanol–water partition coefficient (Wildman–Crippen LogP) is 4.56. The fourth-order valence-corrected chi connectivity index (χ4v) is 6.29. The molecular weight excluding hydrogens is 412 g/mol. The molecule has 31 heavy (non-hydrogen) atoms. The number of thiophene rings is 1. The molecule has 6 heteroatoms. The number of benzene rings is 1. The summed E-state index contributed by atoms with van der Waals surface area (Å²) in [5, 5.41) is 7.00. The van der Waals surface area contributed by atoms with Crippen molar-refractivity contribution in [3.05, 3.63) is 44.6 Å². The fourth-order valence-electron chi connectivity index (χ4n) is 5.09. The number of fused-ring (bicyclic) bond motifs is 3. The van der Waals surface area contributed by atoms with Crippen molar-refractivity contribution in [2.45, 2.75) is 52.1 Å². The van der Waals surface area contributed by atoms with Gasteiger partial charge in [-0.05, 0) is 59.8 Å². The first kappa shape index (κ1) is 22.3. The molecule has 1 N–H and O–H groups in total. The third-order valence-electron chi connectivity index (χ3n) is 6.99. The standard InChI is InChI=1S/C24H28O4S.CH4O/c1-13-21-17(10-18-22(21)24(18,2)3)23(29-13)19(25)8-6-14-5-7-15(9-20(14)26-4)27-11-16-12-28-16;1-2/h5,7,9,16,18,22H,6,8,10-12H2,1-4H3;2H,1H3/t16?,18-,22-;/m1./s1. The number of methoxy groups -OCH3 is 1. The van der Waals surface area contributed by atoms with Crippen molar-refractivity contribution in [1.29, 1.82) is 0 Å². The Labute approximate surface area is 188 Å². The van der Waals surface area contributed by atoms with Gasteiger partial charge in [-0.2, -0.15) is 0 Å². The molecule has 3 atom stereocenters. The number of Topliss-reactive ketones (excluding diaryl/α,β-unsaturated/α-hetero) is 1. The molecule has 0 bridgehead atoms. The van der Waals surface area contributed by atoms with Gasteiger partial charge in [-0.3, -0.25) is 4.79 Å². The third-order valence-corrected chi connectivity index (χ3v) is 8.19. The number of epoxide rings is 1. The molecule has 2 heterocycles. The van der Waals surface area contributed by atoms with Crippen molar-refractivity contribution in [2.24, 2.45) is 11.3 Å². The van der Waals surface area contributed by atoms with Gasteiger partial charge in [0.25, 0.3) is 0 Å². The highest BCUT2D eigenvalue weighted by Gasteiger charge is 2.63. The van der Waals surface area contributed by atoms with E-state index in [1.165, 1.54) is 16.0 Å². The van der Waals surface area contributed by atoms with Crippen LogP contribution in [0, 0.1) is 18.3 Å². The lowest BCUT2D eigenvalue weighted by Gasteiger charge is -2.12. The zero-order chi connectivity index (χ0) is 22.3. The maximum absolute atomic E-state index is 13.1. The van der Waals surface area contributed by atoms with Gasteiger partial charge in [0.15, 0.2) is 5.78 Å². The summed E-state index contributed by atoms with van der Waals surface area (Å²) in [6.45, 7) is 8.26. The number of carbonyl (C=O) groups is 1. The fraction of sp³-hybridized carbons (Fsp3) is 0.560. The van der Waals surface area contributed by atoms with E-state index < -0.39 is 0 Å². The number of rotatable bonds is 8. The van der Waals surface area contributed by atoms with Crippen LogP contribution >= 0.6 is 11.3 Å². The van der Waals surface area contributed by atoms with Crippen molar-refractivity contribution >= 4 is 17.1 Å². The van der Waals surface area contributed by atoms with E-state index in [9.17, 15) is 4.79 Å². The summed E-state index contributed by atoms with van der Waals surface area (Å²) in [5.41, 5.74) is 4.31. The van der Waals surface area contributed by atoms with Gasteiger partial charge in [0.2, 0.25) is 0 Å². The first-order valence-electron chi connectivity index (χ1n) is 10.9. The summed E-state index contributed by atoms with van der Waals surface area (Å²) < 4.78 is 16.5. The molecule has 3 aliphatic rings. The first-order valence-corrected chi connectivity index (χ1v) is 11.7. The second kappa shape index (κ2) is 8.57. The lowest BCUT2D eigenvalue weighted by atomic mass is 9.94. The smallest absolute Gasteiger partial charge is 0.173 e. The molecular formula is C25H32O5S. The minimum atomic E-state index is 0.228. The van der Waals surface area contributed by atoms with Crippen LogP contribution in [0.1, 0.15) is 57.4 Å². The first-order chi connectivity index (χ1) is 14.9. The minimum Gasteiger partial charge on any atom is -0.496 e. The molecule has 168 valence electrons. The van der Waals surface area contributed by atoms with E-state index >= 15 is 0 Å². The number of aliphatic hydroxyl groups is 1. The molecule has 0 radical (unpaired) electrons. The molecule has 2 aliphatic carbocycles. The highest BCUT2D eigenvalue weighted by molar-refractivity contribution is 7.14. The molecule has 2 aromatic rings. The number of carbonyl (C=O) groups excluding carboxylic acids is 1. The summed E-state index contributed by atoms with van der Waals surface area (Å²) in [4.78, 5) is 15.4. The molecule has 2 fully saturated rings. The van der Waals surface area contributed by atoms with Gasteiger partial charge in [0, 0.05) is 24.5 Å². The van der Waals surface area contributed by atoms with Crippen molar-refractivity contribution in [3.8, 4) is 11.5 Å². The molecule has 0 spiro atoms. The Morgan fingerprint density at radius 1 is 1.32 bits per heavy atom. The van der Waals surface area contributed by atoms with Crippen LogP contribution in [0.5, 0.6) is 11.5 Å². The van der Waals surface area contributed by atoms with Crippen molar-refractivity contribution in [3.63, 3.8) is 0 Å². The Morgan fingerprint density at radius 2 is 2.06 bits per heavy atom. The molecule has 1 unspecified atom stereocenters. The van der Waals surface area contributed by atoms with E-state index in [1.54, 1.807) is 18.4 Å². The second-order valence-electron chi connectivity index (χ2n) is 9.15. The van der Waals surface area contributed by atoms with Gasteiger partial charge in [0.05, 0.1) is 18.6 Å². The summed E-state index contributed by atoms with van der Waals surface area (Å²) >= 11 is 1.71. The van der Waals surface area contributed by atoms with Gasteiger partial charge in [-0.25, -0.2) is 0 Å². The molecule has 1 saturated heterocycles. The SMILES string of the molecule is CO.COc1cc(OCC2CO2)ccc1CCC(=O)c1sc(C)c2c1C[C@@H]1[C@H]2C1(C)C. The predicted molar refractivity (Wildman–Crippen MR) is 122 cm³/mol. The number of hydrogen-bond acceptors (Lipinski definition) is 6. The topological polar surface area (TPSA) is 68.3 Å². The van der Waals surface area contributed by atoms with Gasteiger partial charge in [0.1, 0.15) is 24.2 Å². The van der Waals surface area contributed by atoms with Gasteiger partial charge >= 0.3 is 0 Å². The Hall–Kier alpha value is -1.89. The maximum Gasteiger partial charge on any atom is 0.173 e. The van der Waals surface area contributed by atoms with Crippen LogP contribution in [0.15, 0.2) is 18.2 Å². The van der Waals surface area contributed by atoms with E-state index in [2.05, 4.69) is 20.8 Å². The van der Waals surface area contributed by atoms with Crippen molar-refractivity contribution in [2.75, 3.05) is 27.4 Å². The van der Waals surface area contributed by atoms with E-state index in [0.717, 1.165) is 48.0 Å². The van der Waals surface area contributed by atoms with Gasteiger partial charge in [-0.15, -0.1) is 11.3 Å². The van der Waals surface area contributed by atoms with Crippen LogP contribution in [0.4, 0.5) is 0 Å². The van der Waals surface area contributed by atoms with Crippen LogP contribution in [0.2, 0.25) is 0 Å². The third kappa shape index (κ3) is 4.13. The van der Waals surface area contributed by atoms with Gasteiger partial charge in [-0.1, -0.05) is 19.9 Å². The Kier molecular flexibility index (Phi) is 6.16. The Balaban J connectivity index is 0.00000112. The number of ether oxygens (including phenoxy) is 3. The van der Waals surface area contributed by atoms with E-state index in [0.29, 0.717) is 30.8 Å². The zero-order valence-electron chi connectivity index (χ0n) is 19.0. The Morgan fingerprint density at radius 3 is 2.74 bits per heavy atom. The lowest BCUT2D eigenvalue weighted by molar-refractivity contribution is 0.0985. The molecule has 5 nitrogen and oxygen atoms in total. The summed E-state index contributed by atoms with van der Waals surface area (Å²) in [6, 6.07) is 5.87. The lowest BCUT2D eigenvalue weighted by Crippen LogP contribution is -2.06. The monoisotopic (exact) mass is 444 g/mol. The average molecular weight is 445 g/mol. The second-order valence-corrected chi connectivity index (χ2v) is 10.4. The Bertz CT molecular complexity index is 973. The summed E-state index contributed by atoms with van der Waals surface area (Å²) in [5.74, 6) is 3.24.